The topological polar surface area (TPSA) is 52.4 Å². The first-order valence-corrected chi connectivity index (χ1v) is 4.84. The first kappa shape index (κ1) is 11.1. The van der Waals surface area contributed by atoms with Crippen LogP contribution < -0.4 is 4.74 Å². The van der Waals surface area contributed by atoms with Crippen molar-refractivity contribution in [1.29, 1.82) is 0 Å². The molecule has 0 radical (unpaired) electrons. The average Bonchev–Trinajstić information content (AvgIpc) is 2.15. The van der Waals surface area contributed by atoms with E-state index < -0.39 is 4.92 Å². The zero-order valence-corrected chi connectivity index (χ0v) is 8.79. The third kappa shape index (κ3) is 2.78. The molecule has 0 aliphatic carbocycles. The van der Waals surface area contributed by atoms with Crippen molar-refractivity contribution >= 4 is 29.9 Å². The summed E-state index contributed by atoms with van der Waals surface area (Å²) in [5.74, 6) is 0.999. The molecule has 76 valence electrons. The fraction of sp³-hybridized carbons (Fsp3) is 0.250. The predicted octanol–water partition coefficient (Wildman–Crippen LogP) is 2.56. The SMILES string of the molecule is O=[N+]([O-])c1ccc(OCCS)c(Cl)c1. The molecule has 6 heteroatoms. The maximum Gasteiger partial charge on any atom is 0.271 e. The van der Waals surface area contributed by atoms with Crippen molar-refractivity contribution in [2.45, 2.75) is 0 Å². The normalized spacial score (nSPS) is 9.86. The highest BCUT2D eigenvalue weighted by atomic mass is 35.5. The Hall–Kier alpha value is -0.940. The lowest BCUT2D eigenvalue weighted by Gasteiger charge is -2.05. The minimum absolute atomic E-state index is 0.0479. The number of halogens is 1. The zero-order valence-electron chi connectivity index (χ0n) is 7.14. The Kier molecular flexibility index (Phi) is 4.03. The number of nitrogens with zero attached hydrogens (tertiary/aromatic N) is 1. The number of hydrogen-bond donors (Lipinski definition) is 1. The van der Waals surface area contributed by atoms with Crippen molar-refractivity contribution in [2.24, 2.45) is 0 Å². The minimum Gasteiger partial charge on any atom is -0.491 e. The summed E-state index contributed by atoms with van der Waals surface area (Å²) in [6, 6.07) is 4.08. The lowest BCUT2D eigenvalue weighted by Crippen LogP contribution is -1.98. The fourth-order valence-electron chi connectivity index (χ4n) is 0.876. The molecule has 0 amide bonds. The van der Waals surface area contributed by atoms with Gasteiger partial charge in [0.1, 0.15) is 5.75 Å². The molecule has 0 aliphatic heterocycles. The van der Waals surface area contributed by atoms with Crippen LogP contribution in [0.5, 0.6) is 5.75 Å². The molecule has 0 bridgehead atoms. The highest BCUT2D eigenvalue weighted by molar-refractivity contribution is 7.80. The van der Waals surface area contributed by atoms with E-state index in [4.69, 9.17) is 16.3 Å². The summed E-state index contributed by atoms with van der Waals surface area (Å²) in [6.07, 6.45) is 0. The van der Waals surface area contributed by atoms with Crippen LogP contribution in [0, 0.1) is 10.1 Å². The van der Waals surface area contributed by atoms with Crippen LogP contribution in [-0.2, 0) is 0 Å². The Labute approximate surface area is 91.4 Å². The van der Waals surface area contributed by atoms with E-state index in [0.717, 1.165) is 0 Å². The first-order chi connectivity index (χ1) is 6.65. The molecule has 4 nitrogen and oxygen atoms in total. The van der Waals surface area contributed by atoms with Gasteiger partial charge in [-0.3, -0.25) is 10.1 Å². The molecule has 0 atom stereocenters. The molecule has 0 aliphatic rings. The van der Waals surface area contributed by atoms with Crippen LogP contribution in [0.25, 0.3) is 0 Å². The second-order valence-corrected chi connectivity index (χ2v) is 3.30. The van der Waals surface area contributed by atoms with E-state index >= 15 is 0 Å². The van der Waals surface area contributed by atoms with Gasteiger partial charge in [0.15, 0.2) is 0 Å². The van der Waals surface area contributed by atoms with Crippen LogP contribution in [-0.4, -0.2) is 17.3 Å². The maximum absolute atomic E-state index is 10.4. The molecular weight excluding hydrogens is 226 g/mol. The zero-order chi connectivity index (χ0) is 10.6. The molecule has 14 heavy (non-hydrogen) atoms. The summed E-state index contributed by atoms with van der Waals surface area (Å²) in [6.45, 7) is 0.417. The van der Waals surface area contributed by atoms with Gasteiger partial charge in [-0.1, -0.05) is 11.6 Å². The third-order valence-electron chi connectivity index (χ3n) is 1.48. The van der Waals surface area contributed by atoms with Crippen molar-refractivity contribution in [3.8, 4) is 5.75 Å². The van der Waals surface area contributed by atoms with Crippen LogP contribution in [0.15, 0.2) is 18.2 Å². The fourth-order valence-corrected chi connectivity index (χ4v) is 1.20. The summed E-state index contributed by atoms with van der Waals surface area (Å²) < 4.78 is 5.19. The maximum atomic E-state index is 10.4. The molecule has 0 saturated heterocycles. The highest BCUT2D eigenvalue weighted by Gasteiger charge is 2.09. The van der Waals surface area contributed by atoms with Crippen molar-refractivity contribution in [2.75, 3.05) is 12.4 Å². The molecule has 1 rings (SSSR count). The molecular formula is C8H8ClNO3S. The molecule has 0 saturated carbocycles. The lowest BCUT2D eigenvalue weighted by molar-refractivity contribution is -0.384. The highest BCUT2D eigenvalue weighted by Crippen LogP contribution is 2.28. The Morgan fingerprint density at radius 1 is 1.57 bits per heavy atom. The Morgan fingerprint density at radius 3 is 2.79 bits per heavy atom. The van der Waals surface area contributed by atoms with E-state index in [1.165, 1.54) is 18.2 Å². The molecule has 1 aromatic rings. The van der Waals surface area contributed by atoms with Gasteiger partial charge in [0.05, 0.1) is 16.6 Å². The van der Waals surface area contributed by atoms with E-state index in [9.17, 15) is 10.1 Å². The van der Waals surface area contributed by atoms with Gasteiger partial charge in [0.2, 0.25) is 0 Å². The number of benzene rings is 1. The number of nitro groups is 1. The standard InChI is InChI=1S/C8H8ClNO3S/c9-7-5-6(10(11)12)1-2-8(7)13-3-4-14/h1-2,5,14H,3-4H2. The van der Waals surface area contributed by atoms with E-state index in [-0.39, 0.29) is 10.7 Å². The molecule has 0 fully saturated rings. The van der Waals surface area contributed by atoms with Crippen LogP contribution in [0.3, 0.4) is 0 Å². The van der Waals surface area contributed by atoms with E-state index in [1.807, 2.05) is 0 Å². The number of non-ortho nitro benzene ring substituents is 1. The average molecular weight is 234 g/mol. The van der Waals surface area contributed by atoms with Crippen LogP contribution in [0.4, 0.5) is 5.69 Å². The minimum atomic E-state index is -0.506. The van der Waals surface area contributed by atoms with E-state index in [0.29, 0.717) is 18.1 Å². The number of rotatable bonds is 4. The Balaban J connectivity index is 2.84. The van der Waals surface area contributed by atoms with Gasteiger partial charge in [-0.25, -0.2) is 0 Å². The second kappa shape index (κ2) is 5.07. The number of hydrogen-bond acceptors (Lipinski definition) is 4. The van der Waals surface area contributed by atoms with Crippen LogP contribution >= 0.6 is 24.2 Å². The van der Waals surface area contributed by atoms with E-state index in [2.05, 4.69) is 12.6 Å². The van der Waals surface area contributed by atoms with Crippen LogP contribution in [0.2, 0.25) is 5.02 Å². The van der Waals surface area contributed by atoms with Crippen LogP contribution in [0.1, 0.15) is 0 Å². The molecule has 1 aromatic carbocycles. The van der Waals surface area contributed by atoms with Gasteiger partial charge in [-0.05, 0) is 6.07 Å². The quantitative estimate of drug-likeness (QED) is 0.494. The second-order valence-electron chi connectivity index (χ2n) is 2.44. The van der Waals surface area contributed by atoms with Gasteiger partial charge in [0.25, 0.3) is 5.69 Å². The van der Waals surface area contributed by atoms with Gasteiger partial charge >= 0.3 is 0 Å². The molecule has 0 unspecified atom stereocenters. The van der Waals surface area contributed by atoms with Gasteiger partial charge in [0, 0.05) is 17.9 Å². The summed E-state index contributed by atoms with van der Waals surface area (Å²) in [5.41, 5.74) is -0.0479. The van der Waals surface area contributed by atoms with E-state index in [1.54, 1.807) is 0 Å². The lowest BCUT2D eigenvalue weighted by atomic mass is 10.3. The number of nitro benzene ring substituents is 1. The van der Waals surface area contributed by atoms with Gasteiger partial charge in [-0.15, -0.1) is 0 Å². The Morgan fingerprint density at radius 2 is 2.29 bits per heavy atom. The van der Waals surface area contributed by atoms with Crippen molar-refractivity contribution in [3.63, 3.8) is 0 Å². The third-order valence-corrected chi connectivity index (χ3v) is 1.95. The summed E-state index contributed by atoms with van der Waals surface area (Å²) in [5, 5.41) is 10.6. The first-order valence-electron chi connectivity index (χ1n) is 3.82. The molecule has 0 N–H and O–H groups in total. The largest absolute Gasteiger partial charge is 0.491 e. The van der Waals surface area contributed by atoms with Crippen molar-refractivity contribution in [3.05, 3.63) is 33.3 Å². The number of thiol groups is 1. The molecule has 0 aromatic heterocycles. The van der Waals surface area contributed by atoms with Crippen molar-refractivity contribution < 1.29 is 9.66 Å². The predicted molar refractivity (Wildman–Crippen MR) is 57.5 cm³/mol. The van der Waals surface area contributed by atoms with Crippen molar-refractivity contribution in [1.82, 2.24) is 0 Å². The Bertz CT molecular complexity index is 345. The summed E-state index contributed by atoms with van der Waals surface area (Å²) in [7, 11) is 0. The molecule has 0 spiro atoms. The van der Waals surface area contributed by atoms with Gasteiger partial charge < -0.3 is 4.74 Å². The smallest absolute Gasteiger partial charge is 0.271 e. The van der Waals surface area contributed by atoms with Gasteiger partial charge in [-0.2, -0.15) is 12.6 Å². The summed E-state index contributed by atoms with van der Waals surface area (Å²) in [4.78, 5) is 9.87. The monoisotopic (exact) mass is 233 g/mol. The molecule has 0 heterocycles. The summed E-state index contributed by atoms with van der Waals surface area (Å²) >= 11 is 9.72. The number of ether oxygens (including phenoxy) is 1.